The van der Waals surface area contributed by atoms with Crippen molar-refractivity contribution in [1.82, 2.24) is 5.43 Å². The van der Waals surface area contributed by atoms with Crippen LogP contribution in [-0.2, 0) is 10.0 Å². The van der Waals surface area contributed by atoms with Gasteiger partial charge in [0.05, 0.1) is 23.1 Å². The predicted octanol–water partition coefficient (Wildman–Crippen LogP) is 3.17. The molecule has 1 amide bonds. The number of ether oxygens (including phenoxy) is 1. The van der Waals surface area contributed by atoms with Crippen LogP contribution in [0.25, 0.3) is 0 Å². The molecular formula is C21H18N4O6S. The van der Waals surface area contributed by atoms with Crippen molar-refractivity contribution in [3.8, 4) is 5.75 Å². The topological polar surface area (TPSA) is 140 Å². The number of hydrogen-bond acceptors (Lipinski definition) is 7. The van der Waals surface area contributed by atoms with Crippen molar-refractivity contribution in [2.24, 2.45) is 5.10 Å². The van der Waals surface area contributed by atoms with Crippen molar-refractivity contribution in [2.45, 2.75) is 4.90 Å². The second-order valence-electron chi connectivity index (χ2n) is 6.41. The molecule has 0 atom stereocenters. The molecule has 3 rings (SSSR count). The molecule has 10 nitrogen and oxygen atoms in total. The molecule has 0 saturated carbocycles. The van der Waals surface area contributed by atoms with Crippen LogP contribution in [0.4, 0.5) is 11.4 Å². The molecule has 0 aliphatic rings. The minimum absolute atomic E-state index is 0.0683. The molecule has 0 spiro atoms. The molecule has 0 aromatic heterocycles. The van der Waals surface area contributed by atoms with Gasteiger partial charge in [0.25, 0.3) is 21.6 Å². The van der Waals surface area contributed by atoms with Crippen molar-refractivity contribution in [3.05, 3.63) is 94.0 Å². The van der Waals surface area contributed by atoms with Gasteiger partial charge in [0.2, 0.25) is 0 Å². The van der Waals surface area contributed by atoms with Gasteiger partial charge in [-0.15, -0.1) is 0 Å². The van der Waals surface area contributed by atoms with E-state index in [0.29, 0.717) is 17.0 Å². The summed E-state index contributed by atoms with van der Waals surface area (Å²) in [5.41, 5.74) is 2.98. The number of nitro groups is 1. The molecule has 164 valence electrons. The Kier molecular flexibility index (Phi) is 6.80. The summed E-state index contributed by atoms with van der Waals surface area (Å²) in [6, 6.07) is 17.5. The minimum atomic E-state index is -3.94. The fourth-order valence-electron chi connectivity index (χ4n) is 2.63. The summed E-state index contributed by atoms with van der Waals surface area (Å²) in [7, 11) is -2.43. The lowest BCUT2D eigenvalue weighted by Gasteiger charge is -2.09. The van der Waals surface area contributed by atoms with Gasteiger partial charge in [-0.05, 0) is 42.5 Å². The van der Waals surface area contributed by atoms with E-state index in [0.717, 1.165) is 0 Å². The zero-order valence-corrected chi connectivity index (χ0v) is 17.6. The minimum Gasteiger partial charge on any atom is -0.497 e. The van der Waals surface area contributed by atoms with Gasteiger partial charge in [-0.3, -0.25) is 19.6 Å². The Morgan fingerprint density at radius 2 is 1.78 bits per heavy atom. The quantitative estimate of drug-likeness (QED) is 0.304. The summed E-state index contributed by atoms with van der Waals surface area (Å²) < 4.78 is 32.8. The van der Waals surface area contributed by atoms with Crippen LogP contribution in [0.15, 0.2) is 82.8 Å². The summed E-state index contributed by atoms with van der Waals surface area (Å²) in [4.78, 5) is 22.5. The normalized spacial score (nSPS) is 11.2. The van der Waals surface area contributed by atoms with Crippen molar-refractivity contribution in [2.75, 3.05) is 11.8 Å². The van der Waals surface area contributed by atoms with Crippen molar-refractivity contribution < 1.29 is 22.9 Å². The number of benzene rings is 3. The summed E-state index contributed by atoms with van der Waals surface area (Å²) >= 11 is 0. The molecule has 0 heterocycles. The zero-order chi connectivity index (χ0) is 23.1. The lowest BCUT2D eigenvalue weighted by Crippen LogP contribution is -2.19. The van der Waals surface area contributed by atoms with E-state index in [-0.39, 0.29) is 16.1 Å². The van der Waals surface area contributed by atoms with Crippen molar-refractivity contribution in [1.29, 1.82) is 0 Å². The highest BCUT2D eigenvalue weighted by Crippen LogP contribution is 2.20. The molecule has 3 aromatic rings. The maximum Gasteiger partial charge on any atom is 0.271 e. The molecule has 0 aliphatic heterocycles. The number of amides is 1. The van der Waals surface area contributed by atoms with Crippen LogP contribution in [0.3, 0.4) is 0 Å². The van der Waals surface area contributed by atoms with Gasteiger partial charge >= 0.3 is 0 Å². The fraction of sp³-hybridized carbons (Fsp3) is 0.0476. The van der Waals surface area contributed by atoms with Gasteiger partial charge < -0.3 is 4.74 Å². The van der Waals surface area contributed by atoms with Gasteiger partial charge in [0.15, 0.2) is 0 Å². The molecule has 0 radical (unpaired) electrons. The highest BCUT2D eigenvalue weighted by molar-refractivity contribution is 7.92. The Morgan fingerprint density at radius 1 is 1.06 bits per heavy atom. The summed E-state index contributed by atoms with van der Waals surface area (Å²) in [5, 5.41) is 14.6. The number of carbonyl (C=O) groups excluding carboxylic acids is 1. The third-order valence-corrected chi connectivity index (χ3v) is 5.59. The Bertz CT molecular complexity index is 1270. The maximum absolute atomic E-state index is 12.7. The number of hydrazone groups is 1. The van der Waals surface area contributed by atoms with Gasteiger partial charge in [0.1, 0.15) is 5.75 Å². The van der Waals surface area contributed by atoms with E-state index in [1.807, 2.05) is 0 Å². The summed E-state index contributed by atoms with van der Waals surface area (Å²) in [6.07, 6.45) is 1.25. The Labute approximate surface area is 183 Å². The van der Waals surface area contributed by atoms with Crippen LogP contribution in [0.5, 0.6) is 5.75 Å². The highest BCUT2D eigenvalue weighted by atomic mass is 32.2. The third kappa shape index (κ3) is 5.67. The Hall–Kier alpha value is -4.25. The largest absolute Gasteiger partial charge is 0.497 e. The van der Waals surface area contributed by atoms with Crippen LogP contribution >= 0.6 is 0 Å². The van der Waals surface area contributed by atoms with E-state index in [1.54, 1.807) is 30.3 Å². The van der Waals surface area contributed by atoms with Crippen LogP contribution < -0.4 is 14.9 Å². The molecule has 32 heavy (non-hydrogen) atoms. The lowest BCUT2D eigenvalue weighted by atomic mass is 10.2. The summed E-state index contributed by atoms with van der Waals surface area (Å²) in [5.74, 6) is -0.0644. The molecule has 0 fully saturated rings. The first-order chi connectivity index (χ1) is 15.3. The number of nitro benzene ring substituents is 1. The summed E-state index contributed by atoms with van der Waals surface area (Å²) in [6.45, 7) is 0. The molecule has 3 aromatic carbocycles. The van der Waals surface area contributed by atoms with Gasteiger partial charge in [-0.25, -0.2) is 13.8 Å². The molecule has 2 N–H and O–H groups in total. The van der Waals surface area contributed by atoms with Crippen molar-refractivity contribution >= 4 is 33.5 Å². The highest BCUT2D eigenvalue weighted by Gasteiger charge is 2.16. The van der Waals surface area contributed by atoms with E-state index < -0.39 is 20.9 Å². The molecule has 0 saturated heterocycles. The van der Waals surface area contributed by atoms with E-state index >= 15 is 0 Å². The maximum atomic E-state index is 12.7. The first-order valence-electron chi connectivity index (χ1n) is 9.13. The Balaban J connectivity index is 1.71. The molecule has 0 unspecified atom stereocenters. The van der Waals surface area contributed by atoms with Crippen LogP contribution in [0.1, 0.15) is 15.9 Å². The second kappa shape index (κ2) is 9.71. The van der Waals surface area contributed by atoms with E-state index in [2.05, 4.69) is 15.2 Å². The fourth-order valence-corrected chi connectivity index (χ4v) is 3.73. The number of sulfonamides is 1. The third-order valence-electron chi connectivity index (χ3n) is 4.21. The second-order valence-corrected chi connectivity index (χ2v) is 8.10. The average Bonchev–Trinajstić information content (AvgIpc) is 2.79. The van der Waals surface area contributed by atoms with Crippen LogP contribution in [-0.4, -0.2) is 32.6 Å². The van der Waals surface area contributed by atoms with Crippen molar-refractivity contribution in [3.63, 3.8) is 0 Å². The molecule has 0 aliphatic carbocycles. The number of methoxy groups -OCH3 is 1. The van der Waals surface area contributed by atoms with Crippen LogP contribution in [0.2, 0.25) is 0 Å². The van der Waals surface area contributed by atoms with E-state index in [9.17, 15) is 23.3 Å². The zero-order valence-electron chi connectivity index (χ0n) is 16.8. The van der Waals surface area contributed by atoms with Crippen LogP contribution in [0, 0.1) is 10.1 Å². The first-order valence-corrected chi connectivity index (χ1v) is 10.6. The number of non-ortho nitro benzene ring substituents is 1. The number of anilines is 1. The van der Waals surface area contributed by atoms with Gasteiger partial charge in [-0.1, -0.05) is 18.2 Å². The number of rotatable bonds is 8. The SMILES string of the molecule is COc1ccc(NS(=O)(=O)c2cccc(C(=O)N/N=C\c3cccc([N+](=O)[O-])c3)c2)cc1. The van der Waals surface area contributed by atoms with Gasteiger partial charge in [-0.2, -0.15) is 5.10 Å². The standard InChI is InChI=1S/C21H18N4O6S/c1-31-19-10-8-17(9-11-19)24-32(29,30)20-7-3-5-16(13-20)21(26)23-22-14-15-4-2-6-18(12-15)25(27)28/h2-14,24H,1H3,(H,23,26)/b22-14-. The predicted molar refractivity (Wildman–Crippen MR) is 118 cm³/mol. The Morgan fingerprint density at radius 3 is 2.47 bits per heavy atom. The van der Waals surface area contributed by atoms with E-state index in [4.69, 9.17) is 4.74 Å². The number of nitrogens with one attached hydrogen (secondary N) is 2. The number of nitrogens with zero attached hydrogens (tertiary/aromatic N) is 2. The molecular weight excluding hydrogens is 436 g/mol. The smallest absolute Gasteiger partial charge is 0.271 e. The molecule has 11 heteroatoms. The van der Waals surface area contributed by atoms with Gasteiger partial charge in [0, 0.05) is 28.9 Å². The number of hydrogen-bond donors (Lipinski definition) is 2. The monoisotopic (exact) mass is 454 g/mol. The number of carbonyl (C=O) groups is 1. The van der Waals surface area contributed by atoms with E-state index in [1.165, 1.54) is 55.8 Å². The lowest BCUT2D eigenvalue weighted by molar-refractivity contribution is -0.384. The first kappa shape index (κ1) is 22.4. The average molecular weight is 454 g/mol. The molecule has 0 bridgehead atoms.